The van der Waals surface area contributed by atoms with Gasteiger partial charge in [-0.25, -0.2) is 9.10 Å². The fourth-order valence-corrected chi connectivity index (χ4v) is 6.93. The normalized spacial score (nSPS) is 18.1. The number of benzene rings is 3. The SMILES string of the molecule is O=C(O)C1CN(C[C@H](O)[C@@H](O)[C@H](O)[C@H](O)CO)Sc2c(-c3cccc(C(F)(F)F)c3)c(Cc3cccc4ccccc34)cc(=O)n21. The Bertz CT molecular complexity index is 1790. The van der Waals surface area contributed by atoms with Gasteiger partial charge in [-0.05, 0) is 58.0 Å². The summed E-state index contributed by atoms with van der Waals surface area (Å²) < 4.78 is 43.9. The summed E-state index contributed by atoms with van der Waals surface area (Å²) in [6.45, 7) is -1.74. The zero-order valence-corrected chi connectivity index (χ0v) is 24.9. The Morgan fingerprint density at radius 2 is 1.59 bits per heavy atom. The maximum Gasteiger partial charge on any atom is 0.416 e. The highest BCUT2D eigenvalue weighted by Gasteiger charge is 2.38. The van der Waals surface area contributed by atoms with Crippen LogP contribution in [0, 0.1) is 0 Å². The second-order valence-electron chi connectivity index (χ2n) is 11.0. The number of aliphatic carboxylic acids is 1. The number of hydrogen-bond acceptors (Lipinski definition) is 9. The highest BCUT2D eigenvalue weighted by molar-refractivity contribution is 7.97. The van der Waals surface area contributed by atoms with Crippen molar-refractivity contribution in [2.24, 2.45) is 0 Å². The zero-order chi connectivity index (χ0) is 33.3. The summed E-state index contributed by atoms with van der Waals surface area (Å²) in [6.07, 6.45) is -12.0. The van der Waals surface area contributed by atoms with Crippen LogP contribution in [0.15, 0.2) is 82.6 Å². The van der Waals surface area contributed by atoms with Gasteiger partial charge in [0.2, 0.25) is 0 Å². The average Bonchev–Trinajstić information content (AvgIpc) is 3.03. The van der Waals surface area contributed by atoms with Gasteiger partial charge in [0, 0.05) is 24.7 Å². The predicted molar refractivity (Wildman–Crippen MR) is 163 cm³/mol. The topological polar surface area (TPSA) is 164 Å². The summed E-state index contributed by atoms with van der Waals surface area (Å²) in [5.74, 6) is -1.42. The van der Waals surface area contributed by atoms with Gasteiger partial charge in [0.05, 0.1) is 18.3 Å². The number of hydrogen-bond donors (Lipinski definition) is 6. The van der Waals surface area contributed by atoms with Crippen molar-refractivity contribution in [3.63, 3.8) is 0 Å². The second kappa shape index (κ2) is 13.5. The van der Waals surface area contributed by atoms with Gasteiger partial charge < -0.3 is 30.6 Å². The lowest BCUT2D eigenvalue weighted by Crippen LogP contribution is -2.50. The Kier molecular flexibility index (Phi) is 9.89. The van der Waals surface area contributed by atoms with E-state index in [4.69, 9.17) is 5.11 Å². The molecule has 1 unspecified atom stereocenters. The standard InChI is InChI=1S/C32H31F3N2O8S/c33-32(34,35)21-9-4-8-19(12-21)27-20(11-18-7-3-6-17-5-1-2-10-22(17)18)13-26(41)37-23(31(44)45)14-36(46-30(27)37)15-24(39)28(42)29(43)25(40)16-38/h1-10,12-13,23-25,28-29,38-40,42-43H,11,14-16H2,(H,44,45)/t23?,24-,25+,28+,29+/m0/s1. The highest BCUT2D eigenvalue weighted by atomic mass is 32.2. The minimum absolute atomic E-state index is 0.0124. The largest absolute Gasteiger partial charge is 0.480 e. The van der Waals surface area contributed by atoms with Crippen LogP contribution in [0.4, 0.5) is 13.2 Å². The van der Waals surface area contributed by atoms with Crippen molar-refractivity contribution < 1.29 is 48.6 Å². The van der Waals surface area contributed by atoms with Gasteiger partial charge in [-0.1, -0.05) is 54.6 Å². The van der Waals surface area contributed by atoms with Gasteiger partial charge in [0.25, 0.3) is 5.56 Å². The van der Waals surface area contributed by atoms with Crippen LogP contribution in [-0.4, -0.2) is 89.6 Å². The third-order valence-corrected chi connectivity index (χ3v) is 9.06. The van der Waals surface area contributed by atoms with Crippen LogP contribution in [0.3, 0.4) is 0 Å². The predicted octanol–water partition coefficient (Wildman–Crippen LogP) is 2.66. The molecule has 46 heavy (non-hydrogen) atoms. The number of aromatic nitrogens is 1. The number of carboxylic acids is 1. The minimum Gasteiger partial charge on any atom is -0.480 e. The molecule has 2 heterocycles. The summed E-state index contributed by atoms with van der Waals surface area (Å²) in [6, 6.07) is 17.2. The molecule has 5 rings (SSSR count). The summed E-state index contributed by atoms with van der Waals surface area (Å²) >= 11 is 0.814. The average molecular weight is 661 g/mol. The Morgan fingerprint density at radius 3 is 2.28 bits per heavy atom. The molecule has 244 valence electrons. The fraction of sp³-hybridized carbons (Fsp3) is 0.312. The van der Waals surface area contributed by atoms with Crippen LogP contribution in [0.25, 0.3) is 21.9 Å². The van der Waals surface area contributed by atoms with E-state index in [1.165, 1.54) is 22.5 Å². The maximum atomic E-state index is 13.9. The number of β-amino-alcohol motifs (C(OH)–C–C–N with tert-alkyl or cyclic N) is 1. The van der Waals surface area contributed by atoms with Gasteiger partial charge in [-0.3, -0.25) is 9.36 Å². The first-order chi connectivity index (χ1) is 21.8. The van der Waals surface area contributed by atoms with Crippen LogP contribution in [-0.2, 0) is 17.4 Å². The lowest BCUT2D eigenvalue weighted by atomic mass is 9.93. The number of nitrogens with zero attached hydrogens (tertiary/aromatic N) is 2. The maximum absolute atomic E-state index is 13.9. The second-order valence-corrected chi connectivity index (χ2v) is 12.1. The molecule has 0 amide bonds. The molecule has 0 radical (unpaired) electrons. The van der Waals surface area contributed by atoms with Crippen molar-refractivity contribution in [2.75, 3.05) is 19.7 Å². The van der Waals surface area contributed by atoms with Crippen LogP contribution >= 0.6 is 11.9 Å². The third kappa shape index (κ3) is 6.83. The Balaban J connectivity index is 1.67. The number of aliphatic hydroxyl groups excluding tert-OH is 5. The Labute approximate surface area is 264 Å². The molecule has 6 N–H and O–H groups in total. The quantitative estimate of drug-likeness (QED) is 0.140. The smallest absolute Gasteiger partial charge is 0.416 e. The lowest BCUT2D eigenvalue weighted by Gasteiger charge is -2.36. The van der Waals surface area contributed by atoms with Gasteiger partial charge in [0.15, 0.2) is 0 Å². The molecule has 0 bridgehead atoms. The van der Waals surface area contributed by atoms with Crippen molar-refractivity contribution in [1.29, 1.82) is 0 Å². The molecular formula is C32H31F3N2O8S. The van der Waals surface area contributed by atoms with E-state index in [-0.39, 0.29) is 29.1 Å². The van der Waals surface area contributed by atoms with E-state index in [9.17, 15) is 48.3 Å². The third-order valence-electron chi connectivity index (χ3n) is 7.93. The Morgan fingerprint density at radius 1 is 0.913 bits per heavy atom. The summed E-state index contributed by atoms with van der Waals surface area (Å²) in [4.78, 5) is 26.1. The van der Waals surface area contributed by atoms with E-state index in [2.05, 4.69) is 0 Å². The molecule has 14 heteroatoms. The molecule has 0 aliphatic carbocycles. The first-order valence-corrected chi connectivity index (χ1v) is 15.0. The van der Waals surface area contributed by atoms with Crippen LogP contribution < -0.4 is 5.56 Å². The summed E-state index contributed by atoms with van der Waals surface area (Å²) in [5, 5.41) is 61.9. The minimum atomic E-state index is -4.69. The molecular weight excluding hydrogens is 629 g/mol. The lowest BCUT2D eigenvalue weighted by molar-refractivity contribution is -0.142. The molecule has 10 nitrogen and oxygen atoms in total. The monoisotopic (exact) mass is 660 g/mol. The highest BCUT2D eigenvalue weighted by Crippen LogP contribution is 2.42. The van der Waals surface area contributed by atoms with Gasteiger partial charge in [0.1, 0.15) is 29.4 Å². The number of halogens is 3. The van der Waals surface area contributed by atoms with E-state index in [1.54, 1.807) is 0 Å². The van der Waals surface area contributed by atoms with E-state index in [1.807, 2.05) is 42.5 Å². The van der Waals surface area contributed by atoms with E-state index >= 15 is 0 Å². The molecule has 1 aliphatic heterocycles. The first-order valence-electron chi connectivity index (χ1n) is 14.2. The van der Waals surface area contributed by atoms with Gasteiger partial charge in [-0.15, -0.1) is 0 Å². The van der Waals surface area contributed by atoms with Crippen LogP contribution in [0.1, 0.15) is 22.7 Å². The molecule has 0 saturated carbocycles. The Hall–Kier alpha value is -3.76. The molecule has 1 aromatic heterocycles. The fourth-order valence-electron chi connectivity index (χ4n) is 5.60. The number of aliphatic hydroxyl groups is 5. The van der Waals surface area contributed by atoms with Crippen LogP contribution in [0.5, 0.6) is 0 Å². The summed E-state index contributed by atoms with van der Waals surface area (Å²) in [7, 11) is 0. The number of carbonyl (C=O) groups is 1. The van der Waals surface area contributed by atoms with Crippen molar-refractivity contribution in [1.82, 2.24) is 8.87 Å². The van der Waals surface area contributed by atoms with Crippen LogP contribution in [0.2, 0.25) is 0 Å². The molecule has 1 aliphatic rings. The molecule has 0 fully saturated rings. The zero-order valence-electron chi connectivity index (χ0n) is 24.1. The van der Waals surface area contributed by atoms with E-state index in [0.717, 1.165) is 45.0 Å². The number of carboxylic acid groups (broad SMARTS) is 1. The molecule has 4 aromatic rings. The molecule has 0 saturated heterocycles. The van der Waals surface area contributed by atoms with Gasteiger partial charge >= 0.3 is 12.1 Å². The van der Waals surface area contributed by atoms with E-state index < -0.39 is 66.9 Å². The number of alkyl halides is 3. The van der Waals surface area contributed by atoms with E-state index in [0.29, 0.717) is 5.56 Å². The van der Waals surface area contributed by atoms with Crippen molar-refractivity contribution in [3.05, 3.63) is 99.8 Å². The number of pyridine rings is 1. The molecule has 0 spiro atoms. The molecule has 5 atom stereocenters. The van der Waals surface area contributed by atoms with Crippen molar-refractivity contribution in [3.8, 4) is 11.1 Å². The number of fused-ring (bicyclic) bond motifs is 2. The van der Waals surface area contributed by atoms with Crippen molar-refractivity contribution in [2.45, 2.75) is 48.1 Å². The molecule has 3 aromatic carbocycles. The van der Waals surface area contributed by atoms with Crippen molar-refractivity contribution >= 4 is 28.7 Å². The summed E-state index contributed by atoms with van der Waals surface area (Å²) in [5.41, 5.74) is -0.263. The number of rotatable bonds is 10. The van der Waals surface area contributed by atoms with Gasteiger partial charge in [-0.2, -0.15) is 13.2 Å². The first kappa shape index (κ1) is 33.6.